The lowest BCUT2D eigenvalue weighted by atomic mass is 10.3. The zero-order valence-corrected chi connectivity index (χ0v) is 25.6. The molecule has 248 valence electrons. The molecule has 41 heavy (non-hydrogen) atoms. The van der Waals surface area contributed by atoms with Crippen LogP contribution in [0.15, 0.2) is 0 Å². The lowest BCUT2D eigenvalue weighted by Gasteiger charge is -2.11. The summed E-state index contributed by atoms with van der Waals surface area (Å²) in [5, 5.41) is 8.57. The smallest absolute Gasteiger partial charge is 0.0704 e. The maximum atomic E-state index is 8.57. The van der Waals surface area contributed by atoms with Crippen LogP contribution in [0.25, 0.3) is 0 Å². The minimum Gasteiger partial charge on any atom is -0.394 e. The molecule has 0 rings (SSSR count). The van der Waals surface area contributed by atoms with Crippen LogP contribution in [-0.2, 0) is 56.8 Å². The van der Waals surface area contributed by atoms with Gasteiger partial charge < -0.3 is 61.9 Å². The van der Waals surface area contributed by atoms with Crippen LogP contribution in [0.1, 0.15) is 20.3 Å². The summed E-state index contributed by atoms with van der Waals surface area (Å²) < 4.78 is 65.0. The quantitative estimate of drug-likeness (QED) is 0.101. The van der Waals surface area contributed by atoms with E-state index in [0.29, 0.717) is 152 Å². The molecule has 0 heterocycles. The Kier molecular flexibility index (Phi) is 37.0. The zero-order valence-electron chi connectivity index (χ0n) is 25.6. The molecule has 0 amide bonds. The Morgan fingerprint density at radius 2 is 0.537 bits per heavy atom. The van der Waals surface area contributed by atoms with Gasteiger partial charge in [0.25, 0.3) is 0 Å². The summed E-state index contributed by atoms with van der Waals surface area (Å²) in [4.78, 5) is 0. The van der Waals surface area contributed by atoms with E-state index in [-0.39, 0.29) is 12.7 Å². The van der Waals surface area contributed by atoms with Crippen molar-refractivity contribution in [1.29, 1.82) is 0 Å². The monoisotopic (exact) mass is 602 g/mol. The molecule has 0 aromatic carbocycles. The molecule has 0 aromatic rings. The molecular weight excluding hydrogens is 544 g/mol. The highest BCUT2D eigenvalue weighted by Gasteiger charge is 1.98. The van der Waals surface area contributed by atoms with E-state index in [1.54, 1.807) is 0 Å². The van der Waals surface area contributed by atoms with E-state index in [0.717, 1.165) is 6.42 Å². The molecule has 0 saturated heterocycles. The Labute approximate surface area is 247 Å². The van der Waals surface area contributed by atoms with Gasteiger partial charge in [0, 0.05) is 0 Å². The molecule has 0 fully saturated rings. The molecule has 0 aliphatic heterocycles. The van der Waals surface area contributed by atoms with Crippen molar-refractivity contribution in [2.24, 2.45) is 0 Å². The van der Waals surface area contributed by atoms with Gasteiger partial charge in [-0.15, -0.1) is 0 Å². The summed E-state index contributed by atoms with van der Waals surface area (Å²) in [6.45, 7) is 16.0. The highest BCUT2D eigenvalue weighted by atomic mass is 16.6. The highest BCUT2D eigenvalue weighted by molar-refractivity contribution is 4.44. The van der Waals surface area contributed by atoms with Crippen molar-refractivity contribution in [2.75, 3.05) is 159 Å². The Morgan fingerprint density at radius 3 is 0.732 bits per heavy atom. The van der Waals surface area contributed by atoms with Crippen molar-refractivity contribution >= 4 is 0 Å². The Balaban J connectivity index is 3.03. The topological polar surface area (TPSA) is 131 Å². The van der Waals surface area contributed by atoms with Gasteiger partial charge in [-0.2, -0.15) is 0 Å². The molecule has 0 aliphatic carbocycles. The maximum Gasteiger partial charge on any atom is 0.0704 e. The fraction of sp³-hybridized carbons (Fsp3) is 1.00. The fourth-order valence-corrected chi connectivity index (χ4v) is 2.79. The third-order valence-electron chi connectivity index (χ3n) is 5.16. The summed E-state index contributed by atoms with van der Waals surface area (Å²) in [6.07, 6.45) is 1.29. The fourth-order valence-electron chi connectivity index (χ4n) is 2.79. The van der Waals surface area contributed by atoms with Crippen molar-refractivity contribution in [3.63, 3.8) is 0 Å². The minimum atomic E-state index is 0.0267. The summed E-state index contributed by atoms with van der Waals surface area (Å²) in [5.41, 5.74) is 0. The molecule has 0 aliphatic rings. The number of rotatable bonds is 37. The SMILES string of the molecule is CCC(C)OCCOCCOCCOCCOCCOCCOCCOCCOCCOCCOCCOCCO. The Hall–Kier alpha value is -0.520. The molecule has 1 unspecified atom stereocenters. The predicted octanol–water partition coefficient (Wildman–Crippen LogP) is 0.976. The van der Waals surface area contributed by atoms with Crippen molar-refractivity contribution in [2.45, 2.75) is 26.4 Å². The Bertz CT molecular complexity index is 463. The average Bonchev–Trinajstić information content (AvgIpc) is 2.99. The van der Waals surface area contributed by atoms with Crippen molar-refractivity contribution in [1.82, 2.24) is 0 Å². The third-order valence-corrected chi connectivity index (χ3v) is 5.16. The first-order chi connectivity index (χ1) is 20.3. The van der Waals surface area contributed by atoms with Gasteiger partial charge in [-0.1, -0.05) is 6.92 Å². The number of hydrogen-bond donors (Lipinski definition) is 1. The Morgan fingerprint density at radius 1 is 0.341 bits per heavy atom. The first-order valence-corrected chi connectivity index (χ1v) is 14.9. The standard InChI is InChI=1S/C28H58O13/c1-3-28(2)41-27-26-40-25-24-39-23-22-38-21-20-37-19-18-36-17-16-35-15-14-34-13-12-33-11-10-32-9-8-31-7-6-30-5-4-29/h28-29H,3-27H2,1-2H3. The van der Waals surface area contributed by atoms with Crippen LogP contribution in [0.5, 0.6) is 0 Å². The van der Waals surface area contributed by atoms with Gasteiger partial charge >= 0.3 is 0 Å². The molecule has 0 radical (unpaired) electrons. The number of aliphatic hydroxyl groups is 1. The molecule has 1 N–H and O–H groups in total. The summed E-state index contributed by atoms with van der Waals surface area (Å²) in [6, 6.07) is 0. The average molecular weight is 603 g/mol. The second-order valence-corrected chi connectivity index (χ2v) is 8.55. The molecule has 0 spiro atoms. The van der Waals surface area contributed by atoms with Crippen molar-refractivity contribution in [3.05, 3.63) is 0 Å². The van der Waals surface area contributed by atoms with E-state index in [9.17, 15) is 0 Å². The van der Waals surface area contributed by atoms with E-state index in [1.807, 2.05) is 0 Å². The molecule has 0 aromatic heterocycles. The van der Waals surface area contributed by atoms with E-state index in [1.165, 1.54) is 0 Å². The highest BCUT2D eigenvalue weighted by Crippen LogP contribution is 1.95. The van der Waals surface area contributed by atoms with Crippen LogP contribution >= 0.6 is 0 Å². The van der Waals surface area contributed by atoms with Crippen LogP contribution in [0.2, 0.25) is 0 Å². The molecular formula is C28H58O13. The van der Waals surface area contributed by atoms with Crippen LogP contribution < -0.4 is 0 Å². The van der Waals surface area contributed by atoms with Gasteiger partial charge in [-0.3, -0.25) is 0 Å². The molecule has 0 saturated carbocycles. The van der Waals surface area contributed by atoms with Gasteiger partial charge in [-0.05, 0) is 13.3 Å². The molecule has 0 bridgehead atoms. The van der Waals surface area contributed by atoms with Crippen molar-refractivity contribution in [3.8, 4) is 0 Å². The van der Waals surface area contributed by atoms with Gasteiger partial charge in [0.2, 0.25) is 0 Å². The minimum absolute atomic E-state index is 0.0267. The number of ether oxygens (including phenoxy) is 12. The first-order valence-electron chi connectivity index (χ1n) is 14.9. The molecule has 13 heteroatoms. The predicted molar refractivity (Wildman–Crippen MR) is 152 cm³/mol. The van der Waals surface area contributed by atoms with E-state index in [2.05, 4.69) is 13.8 Å². The lowest BCUT2D eigenvalue weighted by molar-refractivity contribution is -0.0300. The molecule has 13 nitrogen and oxygen atoms in total. The summed E-state index contributed by atoms with van der Waals surface area (Å²) in [7, 11) is 0. The molecule has 1 atom stereocenters. The third kappa shape index (κ3) is 37.5. The van der Waals surface area contributed by atoms with Crippen molar-refractivity contribution < 1.29 is 61.9 Å². The zero-order chi connectivity index (χ0) is 29.7. The lowest BCUT2D eigenvalue weighted by Crippen LogP contribution is -2.16. The van der Waals surface area contributed by atoms with Crippen LogP contribution in [0, 0.1) is 0 Å². The van der Waals surface area contributed by atoms with E-state index in [4.69, 9.17) is 61.9 Å². The number of aliphatic hydroxyl groups excluding tert-OH is 1. The van der Waals surface area contributed by atoms with Gasteiger partial charge in [0.05, 0.1) is 165 Å². The van der Waals surface area contributed by atoms with E-state index < -0.39 is 0 Å². The maximum absolute atomic E-state index is 8.57. The second-order valence-electron chi connectivity index (χ2n) is 8.55. The first kappa shape index (κ1) is 40.5. The largest absolute Gasteiger partial charge is 0.394 e. The van der Waals surface area contributed by atoms with Crippen LogP contribution in [0.3, 0.4) is 0 Å². The summed E-state index contributed by atoms with van der Waals surface area (Å²) in [5.74, 6) is 0. The second kappa shape index (κ2) is 37.5. The number of hydrogen-bond acceptors (Lipinski definition) is 13. The van der Waals surface area contributed by atoms with Gasteiger partial charge in [-0.25, -0.2) is 0 Å². The van der Waals surface area contributed by atoms with E-state index >= 15 is 0 Å². The normalized spacial score (nSPS) is 12.4. The van der Waals surface area contributed by atoms with Gasteiger partial charge in [0.1, 0.15) is 0 Å². The van der Waals surface area contributed by atoms with Gasteiger partial charge in [0.15, 0.2) is 0 Å². The summed E-state index contributed by atoms with van der Waals surface area (Å²) >= 11 is 0. The van der Waals surface area contributed by atoms with Crippen LogP contribution in [-0.4, -0.2) is 170 Å². The van der Waals surface area contributed by atoms with Crippen LogP contribution in [0.4, 0.5) is 0 Å².